The number of hydrogen-bond donors (Lipinski definition) is 2. The van der Waals surface area contributed by atoms with Crippen LogP contribution in [0.15, 0.2) is 36.7 Å². The third-order valence-electron chi connectivity index (χ3n) is 4.96. The first-order valence-corrected chi connectivity index (χ1v) is 8.39. The van der Waals surface area contributed by atoms with E-state index < -0.39 is 5.91 Å². The number of nitrogens with two attached hydrogens (primary N) is 1. The van der Waals surface area contributed by atoms with Gasteiger partial charge in [-0.25, -0.2) is 0 Å². The minimum absolute atomic E-state index is 0. The summed E-state index contributed by atoms with van der Waals surface area (Å²) in [6.07, 6.45) is 5.16. The second-order valence-corrected chi connectivity index (χ2v) is 6.67. The highest BCUT2D eigenvalue weighted by atomic mass is 35.5. The van der Waals surface area contributed by atoms with Gasteiger partial charge in [-0.2, -0.15) is 0 Å². The van der Waals surface area contributed by atoms with Crippen molar-refractivity contribution in [3.05, 3.63) is 47.8 Å². The van der Waals surface area contributed by atoms with Crippen LogP contribution in [0.2, 0.25) is 0 Å². The summed E-state index contributed by atoms with van der Waals surface area (Å²) in [7, 11) is 0. The van der Waals surface area contributed by atoms with Gasteiger partial charge in [-0.1, -0.05) is 6.07 Å². The number of rotatable bonds is 2. The molecule has 6 nitrogen and oxygen atoms in total. The van der Waals surface area contributed by atoms with Crippen molar-refractivity contribution in [2.75, 3.05) is 13.1 Å². The number of piperidine rings is 1. The standard InChI is InChI=1S/C19H19N3O3.2ClH/c20-18(24)14-7-13(10-22-11-14)12-1-2-17-15(8-12)16(23)9-19(25-17)3-5-21-6-4-19;;/h1-2,7-8,10-11,21H,3-6,9H2,(H2,20,24);2*1H. The third-order valence-corrected chi connectivity index (χ3v) is 4.96. The lowest BCUT2D eigenvalue weighted by atomic mass is 9.82. The first-order chi connectivity index (χ1) is 12.1. The van der Waals surface area contributed by atoms with Crippen LogP contribution in [0.3, 0.4) is 0 Å². The first-order valence-electron chi connectivity index (χ1n) is 8.39. The van der Waals surface area contributed by atoms with Crippen molar-refractivity contribution in [2.45, 2.75) is 24.9 Å². The van der Waals surface area contributed by atoms with Crippen molar-refractivity contribution in [2.24, 2.45) is 5.73 Å². The predicted octanol–water partition coefficient (Wildman–Crippen LogP) is 2.78. The van der Waals surface area contributed by atoms with E-state index in [9.17, 15) is 9.59 Å². The molecule has 3 N–H and O–H groups in total. The third kappa shape index (κ3) is 4.08. The molecule has 27 heavy (non-hydrogen) atoms. The van der Waals surface area contributed by atoms with Gasteiger partial charge in [0.15, 0.2) is 5.78 Å². The molecule has 3 heterocycles. The second-order valence-electron chi connectivity index (χ2n) is 6.67. The maximum Gasteiger partial charge on any atom is 0.250 e. The summed E-state index contributed by atoms with van der Waals surface area (Å²) in [6, 6.07) is 7.21. The van der Waals surface area contributed by atoms with Crippen molar-refractivity contribution in [1.82, 2.24) is 10.3 Å². The van der Waals surface area contributed by atoms with E-state index in [1.165, 1.54) is 6.20 Å². The van der Waals surface area contributed by atoms with Gasteiger partial charge in [-0.3, -0.25) is 14.6 Å². The molecule has 1 spiro atoms. The van der Waals surface area contributed by atoms with Crippen LogP contribution < -0.4 is 15.8 Å². The van der Waals surface area contributed by atoms with E-state index >= 15 is 0 Å². The first kappa shape index (κ1) is 21.2. The van der Waals surface area contributed by atoms with Crippen molar-refractivity contribution >= 4 is 36.5 Å². The zero-order chi connectivity index (χ0) is 17.4. The normalized spacial score (nSPS) is 17.1. The lowest BCUT2D eigenvalue weighted by Crippen LogP contribution is -2.49. The number of amides is 1. The van der Waals surface area contributed by atoms with Gasteiger partial charge in [-0.05, 0) is 36.9 Å². The van der Waals surface area contributed by atoms with Crippen molar-refractivity contribution in [1.29, 1.82) is 0 Å². The number of primary amides is 1. The number of aromatic nitrogens is 1. The lowest BCUT2D eigenvalue weighted by molar-refractivity contribution is 0.0187. The molecule has 2 aliphatic rings. The molecule has 0 unspecified atom stereocenters. The van der Waals surface area contributed by atoms with Crippen LogP contribution in [0.5, 0.6) is 5.75 Å². The number of fused-ring (bicyclic) bond motifs is 1. The molecule has 0 bridgehead atoms. The van der Waals surface area contributed by atoms with E-state index in [-0.39, 0.29) is 36.2 Å². The van der Waals surface area contributed by atoms with Crippen molar-refractivity contribution in [3.63, 3.8) is 0 Å². The van der Waals surface area contributed by atoms with Crippen LogP contribution in [0.1, 0.15) is 40.0 Å². The molecule has 2 aromatic rings. The fraction of sp³-hybridized carbons (Fsp3) is 0.316. The summed E-state index contributed by atoms with van der Waals surface area (Å²) in [5.41, 5.74) is 7.43. The Morgan fingerprint density at radius 3 is 2.56 bits per heavy atom. The maximum atomic E-state index is 12.7. The molecule has 2 aliphatic heterocycles. The topological polar surface area (TPSA) is 94.3 Å². The van der Waals surface area contributed by atoms with E-state index in [0.29, 0.717) is 23.3 Å². The smallest absolute Gasteiger partial charge is 0.250 e. The Balaban J connectivity index is 0.00000131. The van der Waals surface area contributed by atoms with Crippen molar-refractivity contribution < 1.29 is 14.3 Å². The molecular formula is C19H21Cl2N3O3. The number of pyridine rings is 1. The molecule has 4 rings (SSSR count). The quantitative estimate of drug-likeness (QED) is 0.794. The molecule has 1 amide bonds. The fourth-order valence-corrected chi connectivity index (χ4v) is 3.57. The Hall–Kier alpha value is -2.15. The monoisotopic (exact) mass is 409 g/mol. The molecule has 1 saturated heterocycles. The average molecular weight is 410 g/mol. The van der Waals surface area contributed by atoms with Gasteiger partial charge in [0.25, 0.3) is 0 Å². The molecule has 0 saturated carbocycles. The Labute approximate surface area is 169 Å². The van der Waals surface area contributed by atoms with Crippen LogP contribution >= 0.6 is 24.8 Å². The lowest BCUT2D eigenvalue weighted by Gasteiger charge is -2.41. The summed E-state index contributed by atoms with van der Waals surface area (Å²) >= 11 is 0. The minimum Gasteiger partial charge on any atom is -0.486 e. The molecule has 144 valence electrons. The molecule has 1 aromatic carbocycles. The Morgan fingerprint density at radius 2 is 1.85 bits per heavy atom. The molecule has 0 aliphatic carbocycles. The number of carbonyl (C=O) groups excluding carboxylic acids is 2. The SMILES string of the molecule is Cl.Cl.NC(=O)c1cncc(-c2ccc3c(c2)C(=O)CC2(CCNCC2)O3)c1. The summed E-state index contributed by atoms with van der Waals surface area (Å²) in [4.78, 5) is 28.1. The molecule has 8 heteroatoms. The Kier molecular flexibility index (Phi) is 6.46. The number of halogens is 2. The van der Waals surface area contributed by atoms with Gasteiger partial charge in [0.1, 0.15) is 11.4 Å². The maximum absolute atomic E-state index is 12.7. The van der Waals surface area contributed by atoms with Gasteiger partial charge in [-0.15, -0.1) is 24.8 Å². The van der Waals surface area contributed by atoms with Crippen LogP contribution in [0, 0.1) is 0 Å². The molecule has 1 fully saturated rings. The van der Waals surface area contributed by atoms with E-state index in [2.05, 4.69) is 10.3 Å². The zero-order valence-corrected chi connectivity index (χ0v) is 16.2. The molecule has 0 radical (unpaired) electrons. The number of ether oxygens (including phenoxy) is 1. The van der Waals surface area contributed by atoms with E-state index in [1.54, 1.807) is 12.3 Å². The number of carbonyl (C=O) groups is 2. The van der Waals surface area contributed by atoms with Crippen LogP contribution in [-0.4, -0.2) is 35.4 Å². The van der Waals surface area contributed by atoms with E-state index in [0.717, 1.165) is 37.1 Å². The Morgan fingerprint density at radius 1 is 1.11 bits per heavy atom. The number of benzene rings is 1. The van der Waals surface area contributed by atoms with Crippen LogP contribution in [0.25, 0.3) is 11.1 Å². The minimum atomic E-state index is -0.528. The van der Waals surface area contributed by atoms with E-state index in [1.807, 2.05) is 18.2 Å². The van der Waals surface area contributed by atoms with Crippen LogP contribution in [0.4, 0.5) is 0 Å². The highest BCUT2D eigenvalue weighted by molar-refractivity contribution is 6.01. The summed E-state index contributed by atoms with van der Waals surface area (Å²) in [5.74, 6) is 0.212. The number of nitrogens with one attached hydrogen (secondary N) is 1. The summed E-state index contributed by atoms with van der Waals surface area (Å²) in [5, 5.41) is 3.30. The summed E-state index contributed by atoms with van der Waals surface area (Å²) < 4.78 is 6.23. The molecular weight excluding hydrogens is 389 g/mol. The van der Waals surface area contributed by atoms with Gasteiger partial charge < -0.3 is 15.8 Å². The predicted molar refractivity (Wildman–Crippen MR) is 107 cm³/mol. The molecule has 0 atom stereocenters. The van der Waals surface area contributed by atoms with Gasteiger partial charge in [0, 0.05) is 30.8 Å². The van der Waals surface area contributed by atoms with Crippen LogP contribution in [-0.2, 0) is 0 Å². The number of Topliss-reactive ketones (excluding diaryl/α,β-unsaturated/α-hetero) is 1. The van der Waals surface area contributed by atoms with E-state index in [4.69, 9.17) is 10.5 Å². The van der Waals surface area contributed by atoms with Crippen molar-refractivity contribution in [3.8, 4) is 16.9 Å². The number of nitrogens with zero attached hydrogens (tertiary/aromatic N) is 1. The Bertz CT molecular complexity index is 867. The second kappa shape index (κ2) is 8.25. The number of hydrogen-bond acceptors (Lipinski definition) is 5. The van der Waals surface area contributed by atoms with Gasteiger partial charge in [0.05, 0.1) is 17.5 Å². The fourth-order valence-electron chi connectivity index (χ4n) is 3.57. The highest BCUT2D eigenvalue weighted by Crippen LogP contribution is 2.39. The zero-order valence-electron chi connectivity index (χ0n) is 14.6. The largest absolute Gasteiger partial charge is 0.486 e. The average Bonchev–Trinajstić information content (AvgIpc) is 2.62. The summed E-state index contributed by atoms with van der Waals surface area (Å²) in [6.45, 7) is 1.73. The number of ketones is 1. The van der Waals surface area contributed by atoms with Gasteiger partial charge in [0.2, 0.25) is 5.91 Å². The van der Waals surface area contributed by atoms with Gasteiger partial charge >= 0.3 is 0 Å². The highest BCUT2D eigenvalue weighted by Gasteiger charge is 2.41. The molecule has 1 aromatic heterocycles.